The molecule has 3 amide bonds. The molecule has 1 spiro atoms. The summed E-state index contributed by atoms with van der Waals surface area (Å²) in [5.74, 6) is -1.62. The van der Waals surface area contributed by atoms with Gasteiger partial charge in [-0.1, -0.05) is 54.6 Å². The van der Waals surface area contributed by atoms with Crippen LogP contribution in [-0.2, 0) is 26.5 Å². The second-order valence-corrected chi connectivity index (χ2v) is 9.14. The Morgan fingerprint density at radius 3 is 2.50 bits per heavy atom. The van der Waals surface area contributed by atoms with Crippen molar-refractivity contribution >= 4 is 23.4 Å². The molecule has 0 aromatic heterocycles. The molecule has 4 atom stereocenters. The first kappa shape index (κ1) is 19.4. The van der Waals surface area contributed by atoms with Crippen molar-refractivity contribution in [3.8, 4) is 0 Å². The molecule has 4 heterocycles. The van der Waals surface area contributed by atoms with Gasteiger partial charge in [0.05, 0.1) is 18.4 Å². The van der Waals surface area contributed by atoms with Gasteiger partial charge in [-0.2, -0.15) is 0 Å². The first-order chi connectivity index (χ1) is 15.6. The molecule has 0 bridgehead atoms. The van der Waals surface area contributed by atoms with Crippen LogP contribution in [0.5, 0.6) is 0 Å². The summed E-state index contributed by atoms with van der Waals surface area (Å²) < 4.78 is 0. The van der Waals surface area contributed by atoms with Gasteiger partial charge in [-0.05, 0) is 31.0 Å². The summed E-state index contributed by atoms with van der Waals surface area (Å²) in [6.07, 6.45) is 3.47. The smallest absolute Gasteiger partial charge is 0.253 e. The van der Waals surface area contributed by atoms with Crippen molar-refractivity contribution < 1.29 is 14.4 Å². The van der Waals surface area contributed by atoms with E-state index in [1.54, 1.807) is 11.0 Å². The van der Waals surface area contributed by atoms with Crippen molar-refractivity contribution in [3.63, 3.8) is 0 Å². The number of rotatable bonds is 4. The minimum atomic E-state index is -1.11. The van der Waals surface area contributed by atoms with E-state index in [1.165, 1.54) is 4.90 Å². The number of benzene rings is 2. The van der Waals surface area contributed by atoms with E-state index in [4.69, 9.17) is 0 Å². The minimum Gasteiger partial charge on any atom is -0.306 e. The number of carbonyl (C=O) groups excluding carboxylic acids is 3. The van der Waals surface area contributed by atoms with E-state index >= 15 is 0 Å². The number of imide groups is 1. The minimum absolute atomic E-state index is 0.0853. The van der Waals surface area contributed by atoms with Gasteiger partial charge in [0.2, 0.25) is 11.8 Å². The van der Waals surface area contributed by atoms with Gasteiger partial charge in [0.25, 0.3) is 5.91 Å². The molecule has 2 aromatic carbocycles. The van der Waals surface area contributed by atoms with Gasteiger partial charge in [0.15, 0.2) is 0 Å². The third kappa shape index (κ3) is 2.25. The Hall–Kier alpha value is -3.25. The fraction of sp³-hybridized carbons (Fsp3) is 0.346. The molecule has 0 saturated carbocycles. The first-order valence-electron chi connectivity index (χ1n) is 11.3. The molecule has 6 heteroatoms. The molecular formula is C26H25N3O3. The predicted octanol–water partition coefficient (Wildman–Crippen LogP) is 2.69. The quantitative estimate of drug-likeness (QED) is 0.556. The molecule has 32 heavy (non-hydrogen) atoms. The number of fused-ring (bicyclic) bond motifs is 7. The van der Waals surface area contributed by atoms with Gasteiger partial charge in [-0.3, -0.25) is 24.2 Å². The topological polar surface area (TPSA) is 60.9 Å². The summed E-state index contributed by atoms with van der Waals surface area (Å²) >= 11 is 0. The van der Waals surface area contributed by atoms with Crippen LogP contribution in [0.1, 0.15) is 24.0 Å². The molecule has 0 unspecified atom stereocenters. The third-order valence-electron chi connectivity index (χ3n) is 7.73. The molecule has 3 saturated heterocycles. The highest BCUT2D eigenvalue weighted by Gasteiger charge is 2.75. The van der Waals surface area contributed by atoms with Gasteiger partial charge in [0.1, 0.15) is 5.54 Å². The zero-order valence-electron chi connectivity index (χ0n) is 17.8. The monoisotopic (exact) mass is 427 g/mol. The van der Waals surface area contributed by atoms with Crippen molar-refractivity contribution in [2.45, 2.75) is 31.0 Å². The van der Waals surface area contributed by atoms with E-state index in [0.29, 0.717) is 6.54 Å². The Balaban J connectivity index is 1.51. The highest BCUT2D eigenvalue weighted by atomic mass is 16.2. The summed E-state index contributed by atoms with van der Waals surface area (Å²) in [6.45, 7) is 5.18. The van der Waals surface area contributed by atoms with E-state index < -0.39 is 17.4 Å². The van der Waals surface area contributed by atoms with Crippen LogP contribution in [0.25, 0.3) is 0 Å². The lowest BCUT2D eigenvalue weighted by Crippen LogP contribution is -2.55. The maximum absolute atomic E-state index is 14.1. The molecule has 0 radical (unpaired) electrons. The molecular weight excluding hydrogens is 402 g/mol. The van der Waals surface area contributed by atoms with Crippen LogP contribution >= 0.6 is 0 Å². The maximum Gasteiger partial charge on any atom is 0.253 e. The zero-order valence-corrected chi connectivity index (χ0v) is 17.8. The van der Waals surface area contributed by atoms with Crippen molar-refractivity contribution in [1.29, 1.82) is 0 Å². The van der Waals surface area contributed by atoms with E-state index in [9.17, 15) is 14.4 Å². The summed E-state index contributed by atoms with van der Waals surface area (Å²) in [5.41, 5.74) is 1.49. The number of para-hydroxylation sites is 1. The van der Waals surface area contributed by atoms with Gasteiger partial charge in [-0.15, -0.1) is 6.58 Å². The van der Waals surface area contributed by atoms with Crippen LogP contribution in [0.3, 0.4) is 0 Å². The number of hydrogen-bond donors (Lipinski definition) is 0. The first-order valence-corrected chi connectivity index (χ1v) is 11.3. The van der Waals surface area contributed by atoms with Gasteiger partial charge in [0, 0.05) is 23.8 Å². The maximum atomic E-state index is 14.1. The fourth-order valence-corrected chi connectivity index (χ4v) is 6.63. The molecule has 6 nitrogen and oxygen atoms in total. The number of carbonyl (C=O) groups is 3. The average Bonchev–Trinajstić information content (AvgIpc) is 3.51. The summed E-state index contributed by atoms with van der Waals surface area (Å²) in [4.78, 5) is 47.0. The third-order valence-corrected chi connectivity index (χ3v) is 7.73. The molecule has 162 valence electrons. The van der Waals surface area contributed by atoms with Crippen LogP contribution in [0.15, 0.2) is 67.3 Å². The number of anilines is 1. The van der Waals surface area contributed by atoms with Gasteiger partial charge < -0.3 is 4.90 Å². The van der Waals surface area contributed by atoms with Crippen LogP contribution in [0.4, 0.5) is 5.69 Å². The zero-order chi connectivity index (χ0) is 22.0. The fourth-order valence-electron chi connectivity index (χ4n) is 6.63. The number of nitrogens with zero attached hydrogens (tertiary/aromatic N) is 3. The Morgan fingerprint density at radius 1 is 0.969 bits per heavy atom. The second-order valence-electron chi connectivity index (χ2n) is 9.14. The highest BCUT2D eigenvalue weighted by molar-refractivity contribution is 6.16. The number of likely N-dealkylation sites (tertiary alicyclic amines) is 1. The lowest BCUT2D eigenvalue weighted by atomic mass is 9.75. The Bertz CT molecular complexity index is 1150. The lowest BCUT2D eigenvalue weighted by molar-refractivity contribution is -0.146. The van der Waals surface area contributed by atoms with Crippen LogP contribution in [-0.4, -0.2) is 46.7 Å². The van der Waals surface area contributed by atoms with Crippen LogP contribution < -0.4 is 4.90 Å². The summed E-state index contributed by atoms with van der Waals surface area (Å²) in [6, 6.07) is 17.2. The largest absolute Gasteiger partial charge is 0.306 e. The SMILES string of the molecule is C=CCN1C(=O)[C@]2(c3ccccc31)[C@@H]1C(=O)N(Cc3ccccc3)C(=O)[C@@H]1[C@H]1CCCN12. The van der Waals surface area contributed by atoms with E-state index in [1.807, 2.05) is 54.6 Å². The van der Waals surface area contributed by atoms with Crippen molar-refractivity contribution in [2.75, 3.05) is 18.0 Å². The molecule has 0 aliphatic carbocycles. The Kier molecular flexibility index (Phi) is 4.17. The standard InChI is InChI=1S/C26H25N3O3/c1-2-14-27-19-12-7-6-11-18(19)26(25(27)32)22-21(20-13-8-15-29(20)26)23(30)28(24(22)31)16-17-9-4-3-5-10-17/h2-7,9-12,20-22H,1,8,13-16H2/t20-,21-,22+,26+/m1/s1. The van der Waals surface area contributed by atoms with Crippen LogP contribution in [0.2, 0.25) is 0 Å². The van der Waals surface area contributed by atoms with Crippen molar-refractivity contribution in [3.05, 3.63) is 78.4 Å². The Morgan fingerprint density at radius 2 is 1.72 bits per heavy atom. The van der Waals surface area contributed by atoms with E-state index in [-0.39, 0.29) is 30.3 Å². The molecule has 4 aliphatic heterocycles. The van der Waals surface area contributed by atoms with Crippen molar-refractivity contribution in [2.24, 2.45) is 11.8 Å². The average molecular weight is 428 g/mol. The molecule has 3 fully saturated rings. The normalized spacial score (nSPS) is 30.9. The molecule has 2 aromatic rings. The predicted molar refractivity (Wildman–Crippen MR) is 119 cm³/mol. The summed E-state index contributed by atoms with van der Waals surface area (Å²) in [5, 5.41) is 0. The van der Waals surface area contributed by atoms with Gasteiger partial charge >= 0.3 is 0 Å². The number of hydrogen-bond acceptors (Lipinski definition) is 4. The second kappa shape index (κ2) is 6.87. The molecule has 4 aliphatic rings. The lowest BCUT2D eigenvalue weighted by Gasteiger charge is -2.37. The van der Waals surface area contributed by atoms with E-state index in [2.05, 4.69) is 11.5 Å². The highest BCUT2D eigenvalue weighted by Crippen LogP contribution is 2.61. The Labute approximate surface area is 187 Å². The molecule has 0 N–H and O–H groups in total. The summed E-state index contributed by atoms with van der Waals surface area (Å²) in [7, 11) is 0. The van der Waals surface area contributed by atoms with Gasteiger partial charge in [-0.25, -0.2) is 0 Å². The number of amides is 3. The van der Waals surface area contributed by atoms with Crippen LogP contribution in [0, 0.1) is 11.8 Å². The van der Waals surface area contributed by atoms with E-state index in [0.717, 1.165) is 36.2 Å². The molecule has 6 rings (SSSR count). The van der Waals surface area contributed by atoms with Crippen molar-refractivity contribution in [1.82, 2.24) is 9.80 Å².